The first-order valence-corrected chi connectivity index (χ1v) is 8.00. The maximum absolute atomic E-state index is 11.7. The SMILES string of the molecule is CC(C)(C)C(CC12CC3CC(CC(C3)C1)C2)C(=O)O. The van der Waals surface area contributed by atoms with E-state index in [2.05, 4.69) is 20.8 Å². The number of carbonyl (C=O) groups is 1. The van der Waals surface area contributed by atoms with Crippen LogP contribution in [0.2, 0.25) is 0 Å². The molecule has 4 aliphatic rings. The minimum atomic E-state index is -0.580. The smallest absolute Gasteiger partial charge is 0.307 e. The molecule has 0 aromatic heterocycles. The van der Waals surface area contributed by atoms with Gasteiger partial charge in [-0.1, -0.05) is 20.8 Å². The molecule has 4 aliphatic carbocycles. The second-order valence-corrected chi connectivity index (χ2v) is 8.88. The second kappa shape index (κ2) is 4.23. The standard InChI is InChI=1S/C17H28O2/c1-16(2,3)14(15(18)19)10-17-7-11-4-12(8-17)6-13(5-11)9-17/h11-14H,4-10H2,1-3H3,(H,18,19). The molecule has 0 aliphatic heterocycles. The summed E-state index contributed by atoms with van der Waals surface area (Å²) in [6, 6.07) is 0. The highest BCUT2D eigenvalue weighted by Crippen LogP contribution is 2.62. The molecule has 4 bridgehead atoms. The highest BCUT2D eigenvalue weighted by Gasteiger charge is 2.52. The van der Waals surface area contributed by atoms with Gasteiger partial charge < -0.3 is 5.11 Å². The minimum absolute atomic E-state index is 0.116. The molecule has 0 aromatic carbocycles. The van der Waals surface area contributed by atoms with Gasteiger partial charge in [0, 0.05) is 0 Å². The molecular formula is C17H28O2. The lowest BCUT2D eigenvalue weighted by Gasteiger charge is -2.58. The number of carboxylic acids is 1. The fourth-order valence-electron chi connectivity index (χ4n) is 5.74. The maximum atomic E-state index is 11.7. The van der Waals surface area contributed by atoms with Gasteiger partial charge in [-0.2, -0.15) is 0 Å². The zero-order valence-corrected chi connectivity index (χ0v) is 12.6. The third kappa shape index (κ3) is 2.43. The van der Waals surface area contributed by atoms with Gasteiger partial charge in [-0.3, -0.25) is 4.79 Å². The third-order valence-electron chi connectivity index (χ3n) is 6.15. The van der Waals surface area contributed by atoms with E-state index >= 15 is 0 Å². The maximum Gasteiger partial charge on any atom is 0.307 e. The van der Waals surface area contributed by atoms with Crippen molar-refractivity contribution in [3.8, 4) is 0 Å². The van der Waals surface area contributed by atoms with Gasteiger partial charge in [-0.05, 0) is 73.5 Å². The van der Waals surface area contributed by atoms with Crippen LogP contribution in [0.25, 0.3) is 0 Å². The second-order valence-electron chi connectivity index (χ2n) is 8.88. The normalized spacial score (nSPS) is 42.4. The first kappa shape index (κ1) is 13.5. The van der Waals surface area contributed by atoms with E-state index in [4.69, 9.17) is 0 Å². The summed E-state index contributed by atoms with van der Waals surface area (Å²) in [7, 11) is 0. The zero-order chi connectivity index (χ0) is 13.8. The predicted octanol–water partition coefficient (Wildman–Crippen LogP) is 4.34. The van der Waals surface area contributed by atoms with Crippen molar-refractivity contribution in [3.63, 3.8) is 0 Å². The lowest BCUT2D eigenvalue weighted by molar-refractivity contribution is -0.150. The highest BCUT2D eigenvalue weighted by molar-refractivity contribution is 5.71. The van der Waals surface area contributed by atoms with Gasteiger partial charge in [-0.15, -0.1) is 0 Å². The fraction of sp³-hybridized carbons (Fsp3) is 0.941. The predicted molar refractivity (Wildman–Crippen MR) is 75.8 cm³/mol. The van der Waals surface area contributed by atoms with Crippen LogP contribution in [0.5, 0.6) is 0 Å². The van der Waals surface area contributed by atoms with E-state index in [1.54, 1.807) is 0 Å². The number of carboxylic acid groups (broad SMARTS) is 1. The molecule has 4 rings (SSSR count). The van der Waals surface area contributed by atoms with Gasteiger partial charge in [0.05, 0.1) is 5.92 Å². The van der Waals surface area contributed by atoms with Crippen molar-refractivity contribution in [2.45, 2.75) is 65.7 Å². The molecule has 2 nitrogen and oxygen atoms in total. The van der Waals surface area contributed by atoms with Crippen LogP contribution in [-0.4, -0.2) is 11.1 Å². The molecule has 0 heterocycles. The molecule has 1 N–H and O–H groups in total. The zero-order valence-electron chi connectivity index (χ0n) is 12.6. The summed E-state index contributed by atoms with van der Waals surface area (Å²) in [6.45, 7) is 6.27. The summed E-state index contributed by atoms with van der Waals surface area (Å²) >= 11 is 0. The third-order valence-corrected chi connectivity index (χ3v) is 6.15. The van der Waals surface area contributed by atoms with Crippen molar-refractivity contribution in [1.82, 2.24) is 0 Å². The molecule has 4 saturated carbocycles. The Hall–Kier alpha value is -0.530. The summed E-state index contributed by atoms with van der Waals surface area (Å²) in [5.74, 6) is 1.99. The fourth-order valence-corrected chi connectivity index (χ4v) is 5.74. The van der Waals surface area contributed by atoms with Gasteiger partial charge in [-0.25, -0.2) is 0 Å². The van der Waals surface area contributed by atoms with E-state index in [1.165, 1.54) is 38.5 Å². The van der Waals surface area contributed by atoms with Crippen LogP contribution >= 0.6 is 0 Å². The van der Waals surface area contributed by atoms with Crippen LogP contribution in [0.15, 0.2) is 0 Å². The lowest BCUT2D eigenvalue weighted by atomic mass is 9.47. The molecule has 2 heteroatoms. The van der Waals surface area contributed by atoms with Crippen molar-refractivity contribution in [2.75, 3.05) is 0 Å². The van der Waals surface area contributed by atoms with E-state index < -0.39 is 5.97 Å². The summed E-state index contributed by atoms with van der Waals surface area (Å²) in [4.78, 5) is 11.7. The lowest BCUT2D eigenvalue weighted by Crippen LogP contribution is -2.48. The van der Waals surface area contributed by atoms with E-state index in [-0.39, 0.29) is 11.3 Å². The summed E-state index contributed by atoms with van der Waals surface area (Å²) < 4.78 is 0. The Morgan fingerprint density at radius 2 is 1.53 bits per heavy atom. The Bertz CT molecular complexity index is 342. The summed E-state index contributed by atoms with van der Waals surface area (Å²) in [5, 5.41) is 9.61. The van der Waals surface area contributed by atoms with Gasteiger partial charge in [0.2, 0.25) is 0 Å². The Morgan fingerprint density at radius 1 is 1.11 bits per heavy atom. The van der Waals surface area contributed by atoms with E-state index in [0.717, 1.165) is 24.2 Å². The number of hydrogen-bond acceptors (Lipinski definition) is 1. The van der Waals surface area contributed by atoms with Crippen LogP contribution in [0.4, 0.5) is 0 Å². The molecule has 0 aromatic rings. The Balaban J connectivity index is 1.80. The van der Waals surface area contributed by atoms with Crippen molar-refractivity contribution in [1.29, 1.82) is 0 Å². The van der Waals surface area contributed by atoms with Crippen LogP contribution < -0.4 is 0 Å². The highest BCUT2D eigenvalue weighted by atomic mass is 16.4. The van der Waals surface area contributed by atoms with Crippen LogP contribution in [-0.2, 0) is 4.79 Å². The molecule has 0 amide bonds. The van der Waals surface area contributed by atoms with Crippen molar-refractivity contribution in [3.05, 3.63) is 0 Å². The molecule has 1 atom stereocenters. The molecule has 108 valence electrons. The van der Waals surface area contributed by atoms with Crippen LogP contribution in [0.1, 0.15) is 65.7 Å². The molecular weight excluding hydrogens is 236 g/mol. The number of hydrogen-bond donors (Lipinski definition) is 1. The van der Waals surface area contributed by atoms with Gasteiger partial charge in [0.25, 0.3) is 0 Å². The first-order valence-electron chi connectivity index (χ1n) is 8.00. The minimum Gasteiger partial charge on any atom is -0.481 e. The summed E-state index contributed by atoms with van der Waals surface area (Å²) in [6.07, 6.45) is 9.19. The first-order chi connectivity index (χ1) is 8.77. The number of rotatable bonds is 3. The molecule has 0 spiro atoms. The topological polar surface area (TPSA) is 37.3 Å². The molecule has 4 fully saturated rings. The monoisotopic (exact) mass is 264 g/mol. The molecule has 0 saturated heterocycles. The van der Waals surface area contributed by atoms with Gasteiger partial charge >= 0.3 is 5.97 Å². The van der Waals surface area contributed by atoms with E-state index in [9.17, 15) is 9.90 Å². The molecule has 1 unspecified atom stereocenters. The summed E-state index contributed by atoms with van der Waals surface area (Å²) in [5.41, 5.74) is 0.264. The quantitative estimate of drug-likeness (QED) is 0.823. The average Bonchev–Trinajstić information content (AvgIpc) is 2.22. The molecule has 19 heavy (non-hydrogen) atoms. The van der Waals surface area contributed by atoms with Gasteiger partial charge in [0.1, 0.15) is 0 Å². The van der Waals surface area contributed by atoms with Crippen LogP contribution in [0, 0.1) is 34.5 Å². The van der Waals surface area contributed by atoms with Gasteiger partial charge in [0.15, 0.2) is 0 Å². The van der Waals surface area contributed by atoms with E-state index in [1.807, 2.05) is 0 Å². The Labute approximate surface area is 117 Å². The molecule has 0 radical (unpaired) electrons. The Kier molecular flexibility index (Phi) is 3.00. The van der Waals surface area contributed by atoms with Crippen molar-refractivity contribution in [2.24, 2.45) is 34.5 Å². The van der Waals surface area contributed by atoms with Crippen LogP contribution in [0.3, 0.4) is 0 Å². The van der Waals surface area contributed by atoms with E-state index in [0.29, 0.717) is 5.41 Å². The largest absolute Gasteiger partial charge is 0.481 e. The number of aliphatic carboxylic acids is 1. The van der Waals surface area contributed by atoms with Crippen molar-refractivity contribution < 1.29 is 9.90 Å². The van der Waals surface area contributed by atoms with Crippen molar-refractivity contribution >= 4 is 5.97 Å². The Morgan fingerprint density at radius 3 is 1.84 bits per heavy atom. The average molecular weight is 264 g/mol.